The molecule has 0 aromatic heterocycles. The van der Waals surface area contributed by atoms with Crippen LogP contribution in [0.2, 0.25) is 0 Å². The standard InChI is InChI=1S/C15H23BrN2O3.C3H8/c1-6-14(13(8-12(4)16)11(3)10-19)17-18(5)9-15(20)21-7-2;1-3-2/h8,10H,6-7,9H2,1-5H3;3H2,1-2H3/b12-8+,13-11-,17-14-;. The van der Waals surface area contributed by atoms with Crippen LogP contribution in [0.4, 0.5) is 0 Å². The predicted octanol–water partition coefficient (Wildman–Crippen LogP) is 4.48. The molecule has 0 aromatic carbocycles. The molecule has 0 aliphatic carbocycles. The molecule has 0 rings (SSSR count). The van der Waals surface area contributed by atoms with Crippen molar-refractivity contribution >= 4 is 33.9 Å². The van der Waals surface area contributed by atoms with Crippen LogP contribution in [0.25, 0.3) is 0 Å². The lowest BCUT2D eigenvalue weighted by atomic mass is 10.0. The van der Waals surface area contributed by atoms with Crippen LogP contribution in [0.5, 0.6) is 0 Å². The summed E-state index contributed by atoms with van der Waals surface area (Å²) in [6.45, 7) is 12.0. The van der Waals surface area contributed by atoms with E-state index in [1.165, 1.54) is 11.4 Å². The van der Waals surface area contributed by atoms with Crippen LogP contribution >= 0.6 is 15.9 Å². The van der Waals surface area contributed by atoms with Crippen LogP contribution in [-0.2, 0) is 14.3 Å². The Balaban J connectivity index is 0. The molecule has 24 heavy (non-hydrogen) atoms. The number of esters is 1. The zero-order chi connectivity index (χ0) is 19.1. The molecule has 0 heterocycles. The first kappa shape index (κ1) is 24.8. The van der Waals surface area contributed by atoms with Crippen molar-refractivity contribution in [2.75, 3.05) is 20.2 Å². The minimum Gasteiger partial charge on any atom is -0.465 e. The van der Waals surface area contributed by atoms with Crippen LogP contribution in [0.15, 0.2) is 26.8 Å². The first-order valence-electron chi connectivity index (χ1n) is 8.21. The maximum Gasteiger partial charge on any atom is 0.327 e. The number of likely N-dealkylation sites (N-methyl/N-ethyl adjacent to an activating group) is 1. The quantitative estimate of drug-likeness (QED) is 0.150. The van der Waals surface area contributed by atoms with Crippen molar-refractivity contribution in [3.05, 3.63) is 21.7 Å². The SMILES string of the molecule is CCC.CCOC(=O)CN(C)\N=C(CC)/C(/C=C(\C)Br)=C(/C)C=O. The monoisotopic (exact) mass is 402 g/mol. The fraction of sp³-hybridized carbons (Fsp3) is 0.611. The summed E-state index contributed by atoms with van der Waals surface area (Å²) in [5, 5.41) is 5.93. The second-order valence-electron chi connectivity index (χ2n) is 5.17. The molecule has 0 spiro atoms. The van der Waals surface area contributed by atoms with Gasteiger partial charge in [-0.3, -0.25) is 14.6 Å². The maximum absolute atomic E-state index is 11.4. The molecule has 0 radical (unpaired) electrons. The number of hydrogen-bond donors (Lipinski definition) is 0. The number of hydrogen-bond acceptors (Lipinski definition) is 5. The molecule has 0 unspecified atom stereocenters. The van der Waals surface area contributed by atoms with E-state index >= 15 is 0 Å². The second-order valence-corrected chi connectivity index (χ2v) is 6.42. The van der Waals surface area contributed by atoms with Gasteiger partial charge in [-0.15, -0.1) is 0 Å². The van der Waals surface area contributed by atoms with Gasteiger partial charge in [-0.25, -0.2) is 0 Å². The average molecular weight is 403 g/mol. The van der Waals surface area contributed by atoms with Crippen LogP contribution in [-0.4, -0.2) is 43.2 Å². The fourth-order valence-electron chi connectivity index (χ4n) is 1.64. The van der Waals surface area contributed by atoms with Crippen molar-refractivity contribution in [3.63, 3.8) is 0 Å². The molecule has 6 heteroatoms. The summed E-state index contributed by atoms with van der Waals surface area (Å²) in [6.07, 6.45) is 4.55. The van der Waals surface area contributed by atoms with E-state index in [2.05, 4.69) is 34.9 Å². The zero-order valence-corrected chi connectivity index (χ0v) is 17.6. The Morgan fingerprint density at radius 1 is 1.21 bits per heavy atom. The van der Waals surface area contributed by atoms with Gasteiger partial charge in [0.15, 0.2) is 0 Å². The molecule has 138 valence electrons. The number of hydrazone groups is 1. The third kappa shape index (κ3) is 12.0. The molecular formula is C18H31BrN2O3. The molecule has 0 saturated heterocycles. The Bertz CT molecular complexity index is 479. The second kappa shape index (κ2) is 15.1. The Kier molecular flexibility index (Phi) is 15.6. The molecule has 0 aliphatic rings. The van der Waals surface area contributed by atoms with E-state index in [-0.39, 0.29) is 12.5 Å². The van der Waals surface area contributed by atoms with E-state index in [0.29, 0.717) is 18.6 Å². The molecule has 0 saturated carbocycles. The van der Waals surface area contributed by atoms with Gasteiger partial charge in [-0.1, -0.05) is 43.1 Å². The van der Waals surface area contributed by atoms with Gasteiger partial charge in [0, 0.05) is 12.6 Å². The first-order valence-corrected chi connectivity index (χ1v) is 9.00. The zero-order valence-electron chi connectivity index (χ0n) is 16.0. The van der Waals surface area contributed by atoms with E-state index in [1.54, 1.807) is 20.9 Å². The van der Waals surface area contributed by atoms with Crippen molar-refractivity contribution in [3.8, 4) is 0 Å². The van der Waals surface area contributed by atoms with Crippen molar-refractivity contribution in [2.45, 2.75) is 54.4 Å². The lowest BCUT2D eigenvalue weighted by Gasteiger charge is -2.16. The Morgan fingerprint density at radius 2 is 1.75 bits per heavy atom. The summed E-state index contributed by atoms with van der Waals surface area (Å²) in [6, 6.07) is 0. The number of halogens is 1. The minimum absolute atomic E-state index is 0.0712. The third-order valence-corrected chi connectivity index (χ3v) is 2.77. The predicted molar refractivity (Wildman–Crippen MR) is 104 cm³/mol. The normalized spacial score (nSPS) is 12.7. The topological polar surface area (TPSA) is 59.0 Å². The number of aldehydes is 1. The van der Waals surface area contributed by atoms with E-state index in [4.69, 9.17) is 4.74 Å². The van der Waals surface area contributed by atoms with Crippen LogP contribution in [0.3, 0.4) is 0 Å². The first-order chi connectivity index (χ1) is 11.3. The van der Waals surface area contributed by atoms with Crippen LogP contribution < -0.4 is 0 Å². The molecule has 0 atom stereocenters. The molecule has 0 bridgehead atoms. The number of carbonyl (C=O) groups is 2. The molecule has 0 aromatic rings. The fourth-order valence-corrected chi connectivity index (χ4v) is 1.87. The van der Waals surface area contributed by atoms with E-state index in [0.717, 1.165) is 22.1 Å². The van der Waals surface area contributed by atoms with E-state index < -0.39 is 0 Å². The number of ether oxygens (including phenoxy) is 1. The number of carbonyl (C=O) groups excluding carboxylic acids is 2. The lowest BCUT2D eigenvalue weighted by Crippen LogP contribution is -2.25. The number of nitrogens with zero attached hydrogens (tertiary/aromatic N) is 2. The summed E-state index contributed by atoms with van der Waals surface area (Å²) in [4.78, 5) is 22.5. The van der Waals surface area contributed by atoms with Gasteiger partial charge in [0.2, 0.25) is 0 Å². The van der Waals surface area contributed by atoms with Gasteiger partial charge in [0.25, 0.3) is 0 Å². The molecule has 5 nitrogen and oxygen atoms in total. The average Bonchev–Trinajstić information content (AvgIpc) is 2.50. The highest BCUT2D eigenvalue weighted by Gasteiger charge is 2.10. The lowest BCUT2D eigenvalue weighted by molar-refractivity contribution is -0.144. The number of rotatable bonds is 8. The minimum atomic E-state index is -0.330. The van der Waals surface area contributed by atoms with Crippen molar-refractivity contribution in [1.29, 1.82) is 0 Å². The molecule has 0 aliphatic heterocycles. The summed E-state index contributed by atoms with van der Waals surface area (Å²) in [5.74, 6) is -0.330. The molecule has 0 fully saturated rings. The van der Waals surface area contributed by atoms with Gasteiger partial charge >= 0.3 is 5.97 Å². The van der Waals surface area contributed by atoms with E-state index in [9.17, 15) is 9.59 Å². The molecular weight excluding hydrogens is 372 g/mol. The highest BCUT2D eigenvalue weighted by molar-refractivity contribution is 9.11. The van der Waals surface area contributed by atoms with E-state index in [1.807, 2.05) is 19.9 Å². The third-order valence-electron chi connectivity index (χ3n) is 2.55. The van der Waals surface area contributed by atoms with Gasteiger partial charge in [0.1, 0.15) is 12.8 Å². The molecule has 0 N–H and O–H groups in total. The Morgan fingerprint density at radius 3 is 2.12 bits per heavy atom. The Labute approximate surface area is 154 Å². The number of allylic oxidation sites excluding steroid dienone is 4. The van der Waals surface area contributed by atoms with Crippen molar-refractivity contribution < 1.29 is 14.3 Å². The van der Waals surface area contributed by atoms with Gasteiger partial charge in [-0.2, -0.15) is 5.10 Å². The summed E-state index contributed by atoms with van der Waals surface area (Å²) >= 11 is 3.37. The highest BCUT2D eigenvalue weighted by Crippen LogP contribution is 2.15. The smallest absolute Gasteiger partial charge is 0.327 e. The largest absolute Gasteiger partial charge is 0.465 e. The van der Waals surface area contributed by atoms with Crippen molar-refractivity contribution in [2.24, 2.45) is 5.10 Å². The van der Waals surface area contributed by atoms with Gasteiger partial charge in [-0.05, 0) is 43.3 Å². The highest BCUT2D eigenvalue weighted by atomic mass is 79.9. The van der Waals surface area contributed by atoms with Gasteiger partial charge < -0.3 is 4.74 Å². The molecule has 0 amide bonds. The Hall–Kier alpha value is -1.43. The van der Waals surface area contributed by atoms with Crippen LogP contribution in [0, 0.1) is 0 Å². The summed E-state index contributed by atoms with van der Waals surface area (Å²) in [7, 11) is 1.70. The summed E-state index contributed by atoms with van der Waals surface area (Å²) < 4.78 is 5.78. The maximum atomic E-state index is 11.4. The van der Waals surface area contributed by atoms with Crippen molar-refractivity contribution in [1.82, 2.24) is 5.01 Å². The van der Waals surface area contributed by atoms with Crippen LogP contribution in [0.1, 0.15) is 54.4 Å². The van der Waals surface area contributed by atoms with Gasteiger partial charge in [0.05, 0.1) is 12.3 Å². The summed E-state index contributed by atoms with van der Waals surface area (Å²) in [5.41, 5.74) is 2.10.